The Morgan fingerprint density at radius 3 is 2.19 bits per heavy atom. The average molecular weight is 829 g/mol. The zero-order valence-electron chi connectivity index (χ0n) is 40.1. The molecule has 0 saturated carbocycles. The summed E-state index contributed by atoms with van der Waals surface area (Å²) in [7, 11) is 0. The van der Waals surface area contributed by atoms with E-state index in [-0.39, 0.29) is 5.41 Å². The Balaban J connectivity index is 1.16. The van der Waals surface area contributed by atoms with Crippen LogP contribution in [0.15, 0.2) is 120 Å². The monoisotopic (exact) mass is 828 g/mol. The highest BCUT2D eigenvalue weighted by Gasteiger charge is 2.67. The van der Waals surface area contributed by atoms with Crippen molar-refractivity contribution in [2.24, 2.45) is 10.4 Å². The molecule has 6 heterocycles. The lowest BCUT2D eigenvalue weighted by Crippen LogP contribution is -2.54. The van der Waals surface area contributed by atoms with Crippen LogP contribution in [0.4, 0.5) is 0 Å². The predicted molar refractivity (Wildman–Crippen MR) is 259 cm³/mol. The summed E-state index contributed by atoms with van der Waals surface area (Å²) in [6, 6.07) is 38.8. The number of fused-ring (bicyclic) bond motifs is 9. The van der Waals surface area contributed by atoms with Crippen LogP contribution in [0.2, 0.25) is 0 Å². The molecule has 5 aromatic heterocycles. The van der Waals surface area contributed by atoms with Gasteiger partial charge in [0.15, 0.2) is 5.60 Å². The molecule has 63 heavy (non-hydrogen) atoms. The number of hydrogen-bond donors (Lipinski definition) is 0. The summed E-state index contributed by atoms with van der Waals surface area (Å²) in [5, 5.41) is 3.27. The molecule has 1 aliphatic heterocycles. The van der Waals surface area contributed by atoms with Gasteiger partial charge in [-0.05, 0) is 129 Å². The van der Waals surface area contributed by atoms with Gasteiger partial charge in [-0.25, -0.2) is 15.0 Å². The van der Waals surface area contributed by atoms with E-state index in [1.807, 2.05) is 45.2 Å². The first-order valence-electron chi connectivity index (χ1n) is 23.1. The Morgan fingerprint density at radius 1 is 0.667 bits per heavy atom. The fraction of sp³-hybridized carbons (Fsp3) is 0.286. The maximum absolute atomic E-state index is 9.90. The standard InChI is InChI=1S/C56H54N6O/c1-32-19-21-46-44(24-32)49-48(30-47(35(4)58-49)62-45-22-20-37(36-16-13-12-14-17-36)28-43(45)42-18-15-23-57-51(42)62)61(46)41-27-38(26-40(29-41)53(5,6)7)52-60-55(11)50-39(25-33(2)34(3)59-50)31-56(55,63-52)54(8,9)10/h12-30H,31H2,1-11H3/t55-,56-/m1/s1/i31D2. The molecule has 314 valence electrons. The van der Waals surface area contributed by atoms with E-state index >= 15 is 0 Å². The van der Waals surface area contributed by atoms with Gasteiger partial charge in [-0.2, -0.15) is 0 Å². The van der Waals surface area contributed by atoms with Gasteiger partial charge in [0.05, 0.1) is 39.1 Å². The first-order valence-corrected chi connectivity index (χ1v) is 22.1. The number of hydrogen-bond acceptors (Lipinski definition) is 5. The average Bonchev–Trinajstić information content (AvgIpc) is 3.92. The van der Waals surface area contributed by atoms with Crippen molar-refractivity contribution < 1.29 is 7.48 Å². The lowest BCUT2D eigenvalue weighted by atomic mass is 9.67. The third-order valence-electron chi connectivity index (χ3n) is 13.8. The van der Waals surface area contributed by atoms with Gasteiger partial charge >= 0.3 is 0 Å². The number of aliphatic imine (C=N–C) groups is 1. The zero-order valence-corrected chi connectivity index (χ0v) is 38.1. The van der Waals surface area contributed by atoms with Crippen molar-refractivity contribution >= 4 is 49.8 Å². The summed E-state index contributed by atoms with van der Waals surface area (Å²) in [6.07, 6.45) is -0.0309. The van der Waals surface area contributed by atoms with Crippen LogP contribution in [0.1, 0.15) is 96.1 Å². The SMILES string of the molecule is [2H]C1([2H])c2cc(C)c(C)nc2[C@@]2(C)N=C(c3cc(-n4c5ccc(C)cc5c5nc(C)c(-n6c7ccc(-c8ccccc8)cc7c7cccnc76)cc54)cc(C(C)(C)C)c3)O[C@@]12C(C)(C)C. The minimum absolute atomic E-state index is 0.259. The molecule has 0 saturated heterocycles. The molecule has 4 aromatic carbocycles. The van der Waals surface area contributed by atoms with Gasteiger partial charge in [0.2, 0.25) is 5.90 Å². The largest absolute Gasteiger partial charge is 0.467 e. The van der Waals surface area contributed by atoms with Crippen molar-refractivity contribution in [3.8, 4) is 22.5 Å². The third kappa shape index (κ3) is 5.64. The Kier molecular flexibility index (Phi) is 7.76. The van der Waals surface area contributed by atoms with Crippen molar-refractivity contribution in [2.75, 3.05) is 0 Å². The molecule has 1 aliphatic carbocycles. The smallest absolute Gasteiger partial charge is 0.217 e. The molecule has 0 amide bonds. The van der Waals surface area contributed by atoms with Crippen LogP contribution in [0.25, 0.3) is 66.4 Å². The number of aromatic nitrogens is 5. The predicted octanol–water partition coefficient (Wildman–Crippen LogP) is 13.3. The molecule has 0 N–H and O–H groups in total. The normalized spacial score (nSPS) is 20.0. The number of nitrogens with zero attached hydrogens (tertiary/aromatic N) is 6. The van der Waals surface area contributed by atoms with Gasteiger partial charge < -0.3 is 9.30 Å². The molecule has 0 spiro atoms. The fourth-order valence-electron chi connectivity index (χ4n) is 10.3. The van der Waals surface area contributed by atoms with Crippen LogP contribution in [0.5, 0.6) is 0 Å². The van der Waals surface area contributed by atoms with Crippen LogP contribution in [-0.2, 0) is 22.1 Å². The second-order valence-electron chi connectivity index (χ2n) is 20.1. The van der Waals surface area contributed by atoms with E-state index in [0.29, 0.717) is 17.2 Å². The number of pyridine rings is 3. The topological polar surface area (TPSA) is 70.1 Å². The lowest BCUT2D eigenvalue weighted by molar-refractivity contribution is -0.0681. The first kappa shape index (κ1) is 37.0. The van der Waals surface area contributed by atoms with Crippen LogP contribution in [0, 0.1) is 33.1 Å². The maximum Gasteiger partial charge on any atom is 0.217 e. The van der Waals surface area contributed by atoms with Gasteiger partial charge in [-0.1, -0.05) is 95.6 Å². The molecule has 11 rings (SSSR count). The molecule has 7 heteroatoms. The summed E-state index contributed by atoms with van der Waals surface area (Å²) in [4.78, 5) is 21.0. The van der Waals surface area contributed by atoms with Crippen LogP contribution >= 0.6 is 0 Å². The molecule has 9 aromatic rings. The van der Waals surface area contributed by atoms with Crippen LogP contribution in [-0.4, -0.2) is 35.6 Å². The summed E-state index contributed by atoms with van der Waals surface area (Å²) >= 11 is 0. The number of rotatable bonds is 4. The molecule has 0 bridgehead atoms. The van der Waals surface area contributed by atoms with Crippen molar-refractivity contribution in [1.29, 1.82) is 0 Å². The number of aryl methyl sites for hydroxylation is 4. The molecule has 0 unspecified atom stereocenters. The number of benzene rings is 4. The van der Waals surface area contributed by atoms with Gasteiger partial charge in [-0.3, -0.25) is 9.55 Å². The van der Waals surface area contributed by atoms with Gasteiger partial charge in [0.1, 0.15) is 11.2 Å². The zero-order chi connectivity index (χ0) is 45.7. The second-order valence-corrected chi connectivity index (χ2v) is 20.1. The van der Waals surface area contributed by atoms with E-state index in [4.69, 9.17) is 24.7 Å². The van der Waals surface area contributed by atoms with E-state index in [2.05, 4.69) is 156 Å². The minimum Gasteiger partial charge on any atom is -0.467 e. The number of ether oxygens (including phenoxy) is 1. The highest BCUT2D eigenvalue weighted by molar-refractivity contribution is 6.11. The Labute approximate surface area is 372 Å². The van der Waals surface area contributed by atoms with E-state index < -0.39 is 22.9 Å². The highest BCUT2D eigenvalue weighted by atomic mass is 16.5. The van der Waals surface area contributed by atoms with E-state index in [1.165, 1.54) is 5.56 Å². The molecule has 2 atom stereocenters. The fourth-order valence-corrected chi connectivity index (χ4v) is 10.3. The summed E-state index contributed by atoms with van der Waals surface area (Å²) in [5.41, 5.74) is 12.6. The maximum atomic E-state index is 9.90. The minimum atomic E-state index is -1.90. The quantitative estimate of drug-likeness (QED) is 0.177. The first-order chi connectivity index (χ1) is 30.7. The van der Waals surface area contributed by atoms with Gasteiger partial charge in [-0.15, -0.1) is 0 Å². The van der Waals surface area contributed by atoms with E-state index in [0.717, 1.165) is 94.5 Å². The van der Waals surface area contributed by atoms with E-state index in [9.17, 15) is 2.74 Å². The van der Waals surface area contributed by atoms with Crippen molar-refractivity contribution in [3.05, 3.63) is 160 Å². The van der Waals surface area contributed by atoms with Crippen molar-refractivity contribution in [3.63, 3.8) is 0 Å². The summed E-state index contributed by atoms with van der Waals surface area (Å²) in [6.45, 7) is 23.1. The molecule has 7 nitrogen and oxygen atoms in total. The lowest BCUT2D eigenvalue weighted by Gasteiger charge is -2.45. The third-order valence-corrected chi connectivity index (χ3v) is 13.8. The van der Waals surface area contributed by atoms with Crippen LogP contribution < -0.4 is 0 Å². The highest BCUT2D eigenvalue weighted by Crippen LogP contribution is 2.60. The van der Waals surface area contributed by atoms with Crippen LogP contribution in [0.3, 0.4) is 0 Å². The Morgan fingerprint density at radius 2 is 1.43 bits per heavy atom. The summed E-state index contributed by atoms with van der Waals surface area (Å²) < 4.78 is 31.6. The Bertz CT molecular complexity index is 3530. The molecular formula is C56H54N6O. The molecular weight excluding hydrogens is 773 g/mol. The van der Waals surface area contributed by atoms with Gasteiger partial charge in [0, 0.05) is 53.8 Å². The second kappa shape index (κ2) is 13.2. The molecule has 2 aliphatic rings. The summed E-state index contributed by atoms with van der Waals surface area (Å²) in [5.74, 6) is 0.418. The Hall–Kier alpha value is -6.60. The van der Waals surface area contributed by atoms with Crippen molar-refractivity contribution in [2.45, 2.75) is 99.1 Å². The molecule has 0 radical (unpaired) electrons. The van der Waals surface area contributed by atoms with Gasteiger partial charge in [0.25, 0.3) is 0 Å². The molecule has 0 fully saturated rings. The van der Waals surface area contributed by atoms with Crippen molar-refractivity contribution in [1.82, 2.24) is 24.1 Å². The van der Waals surface area contributed by atoms with E-state index in [1.54, 1.807) is 0 Å².